The van der Waals surface area contributed by atoms with Gasteiger partial charge >= 0.3 is 0 Å². The Kier molecular flexibility index (Phi) is 6.84. The normalized spacial score (nSPS) is 16.6. The lowest BCUT2D eigenvalue weighted by atomic mass is 10.1. The Morgan fingerprint density at radius 2 is 2.07 bits per heavy atom. The van der Waals surface area contributed by atoms with E-state index in [-0.39, 0.29) is 31.4 Å². The van der Waals surface area contributed by atoms with Crippen LogP contribution in [0.4, 0.5) is 0 Å². The topological polar surface area (TPSA) is 63.0 Å². The summed E-state index contributed by atoms with van der Waals surface area (Å²) < 4.78 is 1.87. The molecule has 0 amide bonds. The van der Waals surface area contributed by atoms with Crippen molar-refractivity contribution in [1.82, 2.24) is 20.3 Å². The maximum absolute atomic E-state index is 8.82. The fourth-order valence-electron chi connectivity index (χ4n) is 1.64. The number of aliphatic hydroxyl groups excluding tert-OH is 1. The molecule has 0 unspecified atom stereocenters. The highest BCUT2D eigenvalue weighted by atomic mass is 35.5. The molecule has 0 spiro atoms. The molecule has 1 fully saturated rings. The SMILES string of the molecule is Cl.Cl.OCc1cn(C2CCNCC2)nn1. The van der Waals surface area contributed by atoms with Crippen LogP contribution >= 0.6 is 24.8 Å². The van der Waals surface area contributed by atoms with Gasteiger partial charge in [0.2, 0.25) is 0 Å². The molecule has 5 nitrogen and oxygen atoms in total. The predicted octanol–water partition coefficient (Wildman–Crippen LogP) is 0.538. The summed E-state index contributed by atoms with van der Waals surface area (Å²) in [6.07, 6.45) is 4.01. The number of aliphatic hydroxyl groups is 1. The number of nitrogens with one attached hydrogen (secondary N) is 1. The minimum Gasteiger partial charge on any atom is -0.390 e. The Labute approximate surface area is 101 Å². The molecule has 1 aromatic heterocycles. The van der Waals surface area contributed by atoms with E-state index in [9.17, 15) is 0 Å². The molecule has 0 aliphatic carbocycles. The van der Waals surface area contributed by atoms with Gasteiger partial charge < -0.3 is 10.4 Å². The summed E-state index contributed by atoms with van der Waals surface area (Å²) in [4.78, 5) is 0. The highest BCUT2D eigenvalue weighted by Crippen LogP contribution is 2.16. The average molecular weight is 255 g/mol. The summed E-state index contributed by atoms with van der Waals surface area (Å²) in [7, 11) is 0. The number of aromatic nitrogens is 3. The number of piperidine rings is 1. The molecule has 2 rings (SSSR count). The Morgan fingerprint density at radius 3 is 2.60 bits per heavy atom. The molecule has 2 N–H and O–H groups in total. The number of rotatable bonds is 2. The summed E-state index contributed by atoms with van der Waals surface area (Å²) in [5, 5.41) is 20.0. The van der Waals surface area contributed by atoms with Gasteiger partial charge in [0.05, 0.1) is 18.8 Å². The Morgan fingerprint density at radius 1 is 1.40 bits per heavy atom. The van der Waals surface area contributed by atoms with Gasteiger partial charge in [-0.05, 0) is 25.9 Å². The Bertz CT molecular complexity index is 275. The zero-order chi connectivity index (χ0) is 9.10. The van der Waals surface area contributed by atoms with E-state index in [1.807, 2.05) is 10.9 Å². The number of hydrogen-bond acceptors (Lipinski definition) is 4. The summed E-state index contributed by atoms with van der Waals surface area (Å²) >= 11 is 0. The monoisotopic (exact) mass is 254 g/mol. The van der Waals surface area contributed by atoms with E-state index in [2.05, 4.69) is 15.6 Å². The highest BCUT2D eigenvalue weighted by molar-refractivity contribution is 5.85. The van der Waals surface area contributed by atoms with Crippen molar-refractivity contribution in [3.63, 3.8) is 0 Å². The van der Waals surface area contributed by atoms with E-state index in [0.717, 1.165) is 25.9 Å². The van der Waals surface area contributed by atoms with Crippen LogP contribution in [0.2, 0.25) is 0 Å². The van der Waals surface area contributed by atoms with Crippen LogP contribution in [-0.4, -0.2) is 33.2 Å². The maximum Gasteiger partial charge on any atom is 0.108 e. The molecule has 0 atom stereocenters. The first-order chi connectivity index (χ1) is 6.40. The smallest absolute Gasteiger partial charge is 0.108 e. The lowest BCUT2D eigenvalue weighted by Gasteiger charge is -2.22. The van der Waals surface area contributed by atoms with Crippen LogP contribution in [0.25, 0.3) is 0 Å². The van der Waals surface area contributed by atoms with Crippen LogP contribution < -0.4 is 5.32 Å². The first-order valence-corrected chi connectivity index (χ1v) is 4.62. The van der Waals surface area contributed by atoms with Gasteiger partial charge in [-0.2, -0.15) is 0 Å². The maximum atomic E-state index is 8.82. The van der Waals surface area contributed by atoms with E-state index in [1.165, 1.54) is 0 Å². The van der Waals surface area contributed by atoms with E-state index in [0.29, 0.717) is 11.7 Å². The molecule has 0 saturated carbocycles. The average Bonchev–Trinajstić information content (AvgIpc) is 2.67. The van der Waals surface area contributed by atoms with Crippen molar-refractivity contribution < 1.29 is 5.11 Å². The van der Waals surface area contributed by atoms with E-state index < -0.39 is 0 Å². The molecular formula is C8H16Cl2N4O. The largest absolute Gasteiger partial charge is 0.390 e. The summed E-state index contributed by atoms with van der Waals surface area (Å²) in [5.74, 6) is 0. The van der Waals surface area contributed by atoms with Crippen molar-refractivity contribution in [3.05, 3.63) is 11.9 Å². The summed E-state index contributed by atoms with van der Waals surface area (Å²) in [6.45, 7) is 2.06. The predicted molar refractivity (Wildman–Crippen MR) is 61.6 cm³/mol. The molecule has 1 aliphatic heterocycles. The van der Waals surface area contributed by atoms with Crippen LogP contribution in [0, 0.1) is 0 Å². The molecule has 2 heterocycles. The lowest BCUT2D eigenvalue weighted by molar-refractivity contribution is 0.276. The van der Waals surface area contributed by atoms with Crippen LogP contribution in [0.1, 0.15) is 24.6 Å². The summed E-state index contributed by atoms with van der Waals surface area (Å²) in [5.41, 5.74) is 0.651. The van der Waals surface area contributed by atoms with Crippen molar-refractivity contribution in [1.29, 1.82) is 0 Å². The van der Waals surface area contributed by atoms with Gasteiger partial charge in [-0.25, -0.2) is 4.68 Å². The first kappa shape index (κ1) is 14.6. The fraction of sp³-hybridized carbons (Fsp3) is 0.750. The van der Waals surface area contributed by atoms with E-state index in [4.69, 9.17) is 5.11 Å². The number of halogens is 2. The number of hydrogen-bond donors (Lipinski definition) is 2. The van der Waals surface area contributed by atoms with Crippen molar-refractivity contribution >= 4 is 24.8 Å². The van der Waals surface area contributed by atoms with Crippen LogP contribution in [-0.2, 0) is 6.61 Å². The van der Waals surface area contributed by atoms with E-state index in [1.54, 1.807) is 0 Å². The zero-order valence-electron chi connectivity index (χ0n) is 8.30. The summed E-state index contributed by atoms with van der Waals surface area (Å²) in [6, 6.07) is 0.453. The second kappa shape index (κ2) is 7.00. The van der Waals surface area contributed by atoms with Crippen molar-refractivity contribution in [2.75, 3.05) is 13.1 Å². The van der Waals surface area contributed by atoms with Gasteiger partial charge in [0.25, 0.3) is 0 Å². The van der Waals surface area contributed by atoms with Crippen molar-refractivity contribution in [3.8, 4) is 0 Å². The molecule has 7 heteroatoms. The third-order valence-corrected chi connectivity index (χ3v) is 2.40. The Balaban J connectivity index is 0.000000980. The van der Waals surface area contributed by atoms with Crippen molar-refractivity contribution in [2.24, 2.45) is 0 Å². The molecular weight excluding hydrogens is 239 g/mol. The first-order valence-electron chi connectivity index (χ1n) is 4.62. The molecule has 88 valence electrons. The molecule has 1 saturated heterocycles. The third kappa shape index (κ3) is 3.61. The quantitative estimate of drug-likeness (QED) is 0.809. The van der Waals surface area contributed by atoms with E-state index >= 15 is 0 Å². The van der Waals surface area contributed by atoms with Gasteiger partial charge in [-0.15, -0.1) is 29.9 Å². The molecule has 0 aromatic carbocycles. The van der Waals surface area contributed by atoms with Crippen LogP contribution in [0.3, 0.4) is 0 Å². The highest BCUT2D eigenvalue weighted by Gasteiger charge is 2.15. The van der Waals surface area contributed by atoms with Gasteiger partial charge in [-0.1, -0.05) is 5.21 Å². The van der Waals surface area contributed by atoms with Crippen LogP contribution in [0.5, 0.6) is 0 Å². The Hall–Kier alpha value is -0.360. The van der Waals surface area contributed by atoms with Crippen molar-refractivity contribution in [2.45, 2.75) is 25.5 Å². The fourth-order valence-corrected chi connectivity index (χ4v) is 1.64. The van der Waals surface area contributed by atoms with Gasteiger partial charge in [0, 0.05) is 0 Å². The second-order valence-corrected chi connectivity index (χ2v) is 3.33. The molecule has 0 bridgehead atoms. The molecule has 1 aromatic rings. The van der Waals surface area contributed by atoms with Gasteiger partial charge in [-0.3, -0.25) is 0 Å². The zero-order valence-corrected chi connectivity index (χ0v) is 9.93. The molecule has 0 radical (unpaired) electrons. The molecule has 1 aliphatic rings. The number of nitrogens with zero attached hydrogens (tertiary/aromatic N) is 3. The second-order valence-electron chi connectivity index (χ2n) is 3.33. The minimum absolute atomic E-state index is 0. The van der Waals surface area contributed by atoms with Gasteiger partial charge in [0.15, 0.2) is 0 Å². The van der Waals surface area contributed by atoms with Gasteiger partial charge in [0.1, 0.15) is 5.69 Å². The minimum atomic E-state index is -0.0228. The third-order valence-electron chi connectivity index (χ3n) is 2.40. The lowest BCUT2D eigenvalue weighted by Crippen LogP contribution is -2.29. The molecule has 15 heavy (non-hydrogen) atoms. The standard InChI is InChI=1S/C8H14N4O.2ClH/c13-6-7-5-12(11-10-7)8-1-3-9-4-2-8;;/h5,8-9,13H,1-4,6H2;2*1H. The van der Waals surface area contributed by atoms with Crippen LogP contribution in [0.15, 0.2) is 6.20 Å².